The minimum atomic E-state index is 0.458. The van der Waals surface area contributed by atoms with E-state index in [9.17, 15) is 0 Å². The molecule has 2 aromatic rings. The van der Waals surface area contributed by atoms with E-state index in [1.54, 1.807) is 0 Å². The molecule has 0 bridgehead atoms. The van der Waals surface area contributed by atoms with Crippen LogP contribution in [-0.2, 0) is 22.5 Å². The Hall–Kier alpha value is -1.38. The second-order valence-electron chi connectivity index (χ2n) is 4.81. The molecule has 0 spiro atoms. The van der Waals surface area contributed by atoms with Crippen LogP contribution in [0.4, 0.5) is 0 Å². The van der Waals surface area contributed by atoms with Gasteiger partial charge in [0, 0.05) is 13.0 Å². The summed E-state index contributed by atoms with van der Waals surface area (Å²) in [5.41, 5.74) is 2.60. The quantitative estimate of drug-likeness (QED) is 0.750. The molecule has 18 heavy (non-hydrogen) atoms. The van der Waals surface area contributed by atoms with Crippen molar-refractivity contribution < 1.29 is 9.47 Å². The summed E-state index contributed by atoms with van der Waals surface area (Å²) in [6.07, 6.45) is 1.50. The van der Waals surface area contributed by atoms with Crippen molar-refractivity contribution in [3.05, 3.63) is 47.5 Å². The molecule has 0 aromatic heterocycles. The van der Waals surface area contributed by atoms with Crippen LogP contribution >= 0.6 is 0 Å². The molecular weight excluding hydrogens is 224 g/mol. The Morgan fingerprint density at radius 1 is 1.11 bits per heavy atom. The van der Waals surface area contributed by atoms with Gasteiger partial charge in [0.15, 0.2) is 0 Å². The average Bonchev–Trinajstić information content (AvgIpc) is 3.20. The molecule has 3 rings (SSSR count). The smallest absolute Gasteiger partial charge is 0.0850 e. The SMILES string of the molecule is CCOCc1ccc2cc(CC3CO3)ccc2c1. The standard InChI is InChI=1S/C16H18O2/c1-2-17-10-13-4-6-14-7-12(9-16-11-18-16)3-5-15(14)8-13/h3-8,16H,2,9-11H2,1H3. The van der Waals surface area contributed by atoms with E-state index in [1.165, 1.54) is 21.9 Å². The van der Waals surface area contributed by atoms with Crippen LogP contribution in [0.25, 0.3) is 10.8 Å². The highest BCUT2D eigenvalue weighted by Crippen LogP contribution is 2.22. The monoisotopic (exact) mass is 242 g/mol. The van der Waals surface area contributed by atoms with Crippen LogP contribution in [0.5, 0.6) is 0 Å². The van der Waals surface area contributed by atoms with E-state index >= 15 is 0 Å². The van der Waals surface area contributed by atoms with Gasteiger partial charge in [-0.3, -0.25) is 0 Å². The Balaban J connectivity index is 1.83. The fourth-order valence-corrected chi connectivity index (χ4v) is 2.23. The van der Waals surface area contributed by atoms with Crippen LogP contribution in [0.3, 0.4) is 0 Å². The lowest BCUT2D eigenvalue weighted by Gasteiger charge is -2.06. The first-order valence-corrected chi connectivity index (χ1v) is 6.56. The molecule has 1 aliphatic heterocycles. The first-order valence-electron chi connectivity index (χ1n) is 6.56. The summed E-state index contributed by atoms with van der Waals surface area (Å²) in [7, 11) is 0. The van der Waals surface area contributed by atoms with E-state index in [-0.39, 0.29) is 0 Å². The van der Waals surface area contributed by atoms with E-state index in [2.05, 4.69) is 36.4 Å². The fraction of sp³-hybridized carbons (Fsp3) is 0.375. The Kier molecular flexibility index (Phi) is 3.31. The van der Waals surface area contributed by atoms with Crippen LogP contribution in [0, 0.1) is 0 Å². The molecule has 2 heteroatoms. The molecule has 1 unspecified atom stereocenters. The number of hydrogen-bond donors (Lipinski definition) is 0. The molecule has 0 amide bonds. The number of ether oxygens (including phenoxy) is 2. The maximum Gasteiger partial charge on any atom is 0.0850 e. The van der Waals surface area contributed by atoms with Crippen molar-refractivity contribution in [2.75, 3.05) is 13.2 Å². The fourth-order valence-electron chi connectivity index (χ4n) is 2.23. The van der Waals surface area contributed by atoms with Gasteiger partial charge in [0.25, 0.3) is 0 Å². The van der Waals surface area contributed by atoms with Gasteiger partial charge in [-0.1, -0.05) is 30.3 Å². The summed E-state index contributed by atoms with van der Waals surface area (Å²) in [6, 6.07) is 13.2. The van der Waals surface area contributed by atoms with Gasteiger partial charge in [-0.05, 0) is 34.9 Å². The summed E-state index contributed by atoms with van der Waals surface area (Å²) in [5.74, 6) is 0. The van der Waals surface area contributed by atoms with Gasteiger partial charge >= 0.3 is 0 Å². The second-order valence-corrected chi connectivity index (χ2v) is 4.81. The van der Waals surface area contributed by atoms with Crippen LogP contribution in [0.2, 0.25) is 0 Å². The van der Waals surface area contributed by atoms with Crippen LogP contribution in [-0.4, -0.2) is 19.3 Å². The van der Waals surface area contributed by atoms with Crippen molar-refractivity contribution in [1.82, 2.24) is 0 Å². The molecule has 0 radical (unpaired) electrons. The summed E-state index contributed by atoms with van der Waals surface area (Å²) < 4.78 is 10.7. The van der Waals surface area contributed by atoms with Gasteiger partial charge in [-0.15, -0.1) is 0 Å². The normalized spacial score (nSPS) is 18.2. The van der Waals surface area contributed by atoms with E-state index in [0.717, 1.165) is 19.6 Å². The number of hydrogen-bond acceptors (Lipinski definition) is 2. The molecule has 0 saturated carbocycles. The van der Waals surface area contributed by atoms with Gasteiger partial charge in [0.05, 0.1) is 19.3 Å². The maximum absolute atomic E-state index is 5.44. The lowest BCUT2D eigenvalue weighted by atomic mass is 10.0. The third kappa shape index (κ3) is 2.71. The first-order chi connectivity index (χ1) is 8.85. The van der Waals surface area contributed by atoms with Crippen LogP contribution in [0.15, 0.2) is 36.4 Å². The molecule has 0 N–H and O–H groups in total. The van der Waals surface area contributed by atoms with Crippen molar-refractivity contribution in [1.29, 1.82) is 0 Å². The lowest BCUT2D eigenvalue weighted by molar-refractivity contribution is 0.134. The maximum atomic E-state index is 5.44. The Morgan fingerprint density at radius 3 is 2.44 bits per heavy atom. The predicted molar refractivity (Wildman–Crippen MR) is 72.7 cm³/mol. The zero-order chi connectivity index (χ0) is 12.4. The molecule has 2 aromatic carbocycles. The first kappa shape index (κ1) is 11.7. The minimum absolute atomic E-state index is 0.458. The van der Waals surface area contributed by atoms with Crippen LogP contribution in [0.1, 0.15) is 18.1 Å². The molecule has 1 saturated heterocycles. The van der Waals surface area contributed by atoms with Gasteiger partial charge in [0.1, 0.15) is 0 Å². The molecule has 1 atom stereocenters. The molecule has 1 aliphatic rings. The number of epoxide rings is 1. The van der Waals surface area contributed by atoms with Crippen molar-refractivity contribution >= 4 is 10.8 Å². The van der Waals surface area contributed by atoms with Gasteiger partial charge in [0.2, 0.25) is 0 Å². The second kappa shape index (κ2) is 5.09. The highest BCUT2D eigenvalue weighted by atomic mass is 16.6. The molecule has 0 aliphatic carbocycles. The van der Waals surface area contributed by atoms with Gasteiger partial charge < -0.3 is 9.47 Å². The lowest BCUT2D eigenvalue weighted by Crippen LogP contribution is -1.94. The number of rotatable bonds is 5. The van der Waals surface area contributed by atoms with Crippen LogP contribution < -0.4 is 0 Å². The molecule has 2 nitrogen and oxygen atoms in total. The Labute approximate surface area is 108 Å². The highest BCUT2D eigenvalue weighted by molar-refractivity contribution is 5.83. The third-order valence-corrected chi connectivity index (χ3v) is 3.31. The van der Waals surface area contributed by atoms with E-state index < -0.39 is 0 Å². The van der Waals surface area contributed by atoms with Gasteiger partial charge in [-0.25, -0.2) is 0 Å². The molecule has 1 heterocycles. The topological polar surface area (TPSA) is 21.8 Å². The summed E-state index contributed by atoms with van der Waals surface area (Å²) in [5, 5.41) is 2.58. The number of benzene rings is 2. The molecule has 1 fully saturated rings. The summed E-state index contributed by atoms with van der Waals surface area (Å²) in [6.45, 7) is 4.40. The van der Waals surface area contributed by atoms with Gasteiger partial charge in [-0.2, -0.15) is 0 Å². The molecule has 94 valence electrons. The Bertz CT molecular complexity index is 544. The van der Waals surface area contributed by atoms with Crippen molar-refractivity contribution in [3.8, 4) is 0 Å². The van der Waals surface area contributed by atoms with E-state index in [4.69, 9.17) is 9.47 Å². The predicted octanol–water partition coefficient (Wildman–Crippen LogP) is 3.32. The van der Waals surface area contributed by atoms with Crippen molar-refractivity contribution in [2.45, 2.75) is 26.1 Å². The summed E-state index contributed by atoms with van der Waals surface area (Å²) in [4.78, 5) is 0. The zero-order valence-electron chi connectivity index (χ0n) is 10.7. The van der Waals surface area contributed by atoms with E-state index in [0.29, 0.717) is 12.7 Å². The third-order valence-electron chi connectivity index (χ3n) is 3.31. The van der Waals surface area contributed by atoms with Crippen molar-refractivity contribution in [3.63, 3.8) is 0 Å². The number of fused-ring (bicyclic) bond motifs is 1. The van der Waals surface area contributed by atoms with E-state index in [1.807, 2.05) is 6.92 Å². The highest BCUT2D eigenvalue weighted by Gasteiger charge is 2.22. The minimum Gasteiger partial charge on any atom is -0.377 e. The zero-order valence-corrected chi connectivity index (χ0v) is 10.7. The van der Waals surface area contributed by atoms with Crippen molar-refractivity contribution in [2.24, 2.45) is 0 Å². The molecular formula is C16H18O2. The summed E-state index contributed by atoms with van der Waals surface area (Å²) >= 11 is 0. The average molecular weight is 242 g/mol. The largest absolute Gasteiger partial charge is 0.377 e. The Morgan fingerprint density at radius 2 is 1.78 bits per heavy atom.